The van der Waals surface area contributed by atoms with E-state index in [0.717, 1.165) is 29.2 Å². The molecule has 4 nitrogen and oxygen atoms in total. The van der Waals surface area contributed by atoms with Gasteiger partial charge in [0.25, 0.3) is 0 Å². The molecule has 2 heterocycles. The van der Waals surface area contributed by atoms with Gasteiger partial charge in [0, 0.05) is 22.7 Å². The van der Waals surface area contributed by atoms with Gasteiger partial charge < -0.3 is 14.8 Å². The summed E-state index contributed by atoms with van der Waals surface area (Å²) in [5.74, 6) is 1.55. The van der Waals surface area contributed by atoms with E-state index in [0.29, 0.717) is 16.7 Å². The number of fused-ring (bicyclic) bond motifs is 4. The Balaban J connectivity index is 1.79. The second-order valence-electron chi connectivity index (χ2n) is 6.40. The molecule has 2 aliphatic heterocycles. The van der Waals surface area contributed by atoms with Crippen LogP contribution in [-0.4, -0.2) is 17.4 Å². The summed E-state index contributed by atoms with van der Waals surface area (Å²) in [5, 5.41) is 4.79. The molecule has 0 amide bonds. The molecule has 0 saturated carbocycles. The minimum absolute atomic E-state index is 0.102. The SMILES string of the molecule is CCOc1cccc2c1O[C@]1(C)C[C@H]2NC(=S)N1c1ccc(Cl)cc1. The average molecular weight is 375 g/mol. The highest BCUT2D eigenvalue weighted by molar-refractivity contribution is 7.80. The molecule has 6 heteroatoms. The number of anilines is 1. The molecule has 0 aliphatic carbocycles. The molecular weight excluding hydrogens is 356 g/mol. The number of benzene rings is 2. The molecule has 0 unspecified atom stereocenters. The van der Waals surface area contributed by atoms with Crippen LogP contribution in [0.4, 0.5) is 5.69 Å². The van der Waals surface area contributed by atoms with Crippen molar-refractivity contribution in [1.29, 1.82) is 0 Å². The van der Waals surface area contributed by atoms with Gasteiger partial charge in [-0.05, 0) is 56.4 Å². The van der Waals surface area contributed by atoms with Gasteiger partial charge in [-0.3, -0.25) is 4.90 Å². The monoisotopic (exact) mass is 374 g/mol. The molecular formula is C19H19ClN2O2S. The minimum Gasteiger partial charge on any atom is -0.490 e. The van der Waals surface area contributed by atoms with E-state index in [2.05, 4.69) is 18.3 Å². The summed E-state index contributed by atoms with van der Waals surface area (Å²) in [7, 11) is 0. The number of thiocarbonyl (C=S) groups is 1. The zero-order valence-electron chi connectivity index (χ0n) is 14.1. The summed E-state index contributed by atoms with van der Waals surface area (Å²) < 4.78 is 12.3. The maximum absolute atomic E-state index is 6.48. The standard InChI is InChI=1S/C19H19ClN2O2S/c1-3-23-16-6-4-5-14-15-11-19(2,24-17(14)16)22(18(25)21-15)13-9-7-12(20)8-10-13/h4-10,15H,3,11H2,1-2H3,(H,21,25)/t15-,19-/m1/s1. The number of rotatable bonds is 3. The summed E-state index contributed by atoms with van der Waals surface area (Å²) >= 11 is 11.7. The number of nitrogens with zero attached hydrogens (tertiary/aromatic N) is 1. The Labute approximate surface area is 157 Å². The zero-order valence-corrected chi connectivity index (χ0v) is 15.7. The van der Waals surface area contributed by atoms with Crippen LogP contribution in [-0.2, 0) is 0 Å². The highest BCUT2D eigenvalue weighted by atomic mass is 35.5. The molecule has 1 fully saturated rings. The third kappa shape index (κ3) is 2.71. The van der Waals surface area contributed by atoms with Crippen molar-refractivity contribution in [2.24, 2.45) is 0 Å². The van der Waals surface area contributed by atoms with Crippen LogP contribution >= 0.6 is 23.8 Å². The van der Waals surface area contributed by atoms with Crippen molar-refractivity contribution in [1.82, 2.24) is 5.32 Å². The van der Waals surface area contributed by atoms with Crippen LogP contribution in [0.15, 0.2) is 42.5 Å². The topological polar surface area (TPSA) is 33.7 Å². The summed E-state index contributed by atoms with van der Waals surface area (Å²) in [6.45, 7) is 4.62. The quantitative estimate of drug-likeness (QED) is 0.789. The van der Waals surface area contributed by atoms with Crippen LogP contribution < -0.4 is 19.7 Å². The van der Waals surface area contributed by atoms with E-state index < -0.39 is 5.72 Å². The van der Waals surface area contributed by atoms with E-state index in [4.69, 9.17) is 33.3 Å². The first kappa shape index (κ1) is 16.5. The van der Waals surface area contributed by atoms with E-state index in [1.807, 2.05) is 48.2 Å². The molecule has 0 spiro atoms. The van der Waals surface area contributed by atoms with Gasteiger partial charge in [0.1, 0.15) is 0 Å². The van der Waals surface area contributed by atoms with E-state index in [1.54, 1.807) is 0 Å². The van der Waals surface area contributed by atoms with E-state index in [1.165, 1.54) is 0 Å². The number of hydrogen-bond acceptors (Lipinski definition) is 3. The van der Waals surface area contributed by atoms with Gasteiger partial charge in [0.15, 0.2) is 22.3 Å². The predicted octanol–water partition coefficient (Wildman–Crippen LogP) is 4.67. The maximum atomic E-state index is 6.48. The lowest BCUT2D eigenvalue weighted by molar-refractivity contribution is 0.0457. The summed E-state index contributed by atoms with van der Waals surface area (Å²) in [4.78, 5) is 2.01. The van der Waals surface area contributed by atoms with Gasteiger partial charge in [-0.2, -0.15) is 0 Å². The van der Waals surface area contributed by atoms with Crippen molar-refractivity contribution < 1.29 is 9.47 Å². The smallest absolute Gasteiger partial charge is 0.188 e. The van der Waals surface area contributed by atoms with Crippen molar-refractivity contribution in [2.45, 2.75) is 32.0 Å². The Hall–Kier alpha value is -1.98. The van der Waals surface area contributed by atoms with Gasteiger partial charge >= 0.3 is 0 Å². The Bertz CT molecular complexity index is 827. The van der Waals surface area contributed by atoms with Crippen molar-refractivity contribution in [3.63, 3.8) is 0 Å². The van der Waals surface area contributed by atoms with Crippen LogP contribution in [0.5, 0.6) is 11.5 Å². The highest BCUT2D eigenvalue weighted by Gasteiger charge is 2.49. The second-order valence-corrected chi connectivity index (χ2v) is 7.23. The fraction of sp³-hybridized carbons (Fsp3) is 0.316. The first-order valence-electron chi connectivity index (χ1n) is 8.33. The van der Waals surface area contributed by atoms with Gasteiger partial charge in [0.05, 0.1) is 12.6 Å². The van der Waals surface area contributed by atoms with E-state index in [-0.39, 0.29) is 6.04 Å². The van der Waals surface area contributed by atoms with Crippen LogP contribution in [0.25, 0.3) is 0 Å². The van der Waals surface area contributed by atoms with Crippen molar-refractivity contribution in [2.75, 3.05) is 11.5 Å². The molecule has 2 bridgehead atoms. The molecule has 1 saturated heterocycles. The zero-order chi connectivity index (χ0) is 17.6. The van der Waals surface area contributed by atoms with Gasteiger partial charge in [-0.1, -0.05) is 23.7 Å². The third-order valence-corrected chi connectivity index (χ3v) is 5.20. The highest BCUT2D eigenvalue weighted by Crippen LogP contribution is 2.49. The number of nitrogens with one attached hydrogen (secondary N) is 1. The fourth-order valence-corrected chi connectivity index (χ4v) is 4.18. The Morgan fingerprint density at radius 1 is 1.32 bits per heavy atom. The molecule has 2 aromatic carbocycles. The Morgan fingerprint density at radius 3 is 2.80 bits per heavy atom. The van der Waals surface area contributed by atoms with Gasteiger partial charge in [-0.15, -0.1) is 0 Å². The summed E-state index contributed by atoms with van der Waals surface area (Å²) in [6, 6.07) is 13.7. The number of para-hydroxylation sites is 1. The van der Waals surface area contributed by atoms with Gasteiger partial charge in [-0.25, -0.2) is 0 Å². The molecule has 2 aromatic rings. The first-order chi connectivity index (χ1) is 12.0. The fourth-order valence-electron chi connectivity index (χ4n) is 3.61. The number of ether oxygens (including phenoxy) is 2. The van der Waals surface area contributed by atoms with Crippen molar-refractivity contribution in [3.8, 4) is 11.5 Å². The molecule has 4 rings (SSSR count). The predicted molar refractivity (Wildman–Crippen MR) is 104 cm³/mol. The molecule has 25 heavy (non-hydrogen) atoms. The molecule has 1 N–H and O–H groups in total. The molecule has 2 aliphatic rings. The van der Waals surface area contributed by atoms with E-state index in [9.17, 15) is 0 Å². The van der Waals surface area contributed by atoms with Gasteiger partial charge in [0.2, 0.25) is 0 Å². The largest absolute Gasteiger partial charge is 0.490 e. The minimum atomic E-state index is -0.596. The van der Waals surface area contributed by atoms with E-state index >= 15 is 0 Å². The van der Waals surface area contributed by atoms with Crippen molar-refractivity contribution in [3.05, 3.63) is 53.1 Å². The first-order valence-corrected chi connectivity index (χ1v) is 9.11. The lowest BCUT2D eigenvalue weighted by Gasteiger charge is -2.52. The normalized spacial score (nSPS) is 24.2. The molecule has 2 atom stereocenters. The molecule has 0 radical (unpaired) electrons. The van der Waals surface area contributed by atoms with Crippen LogP contribution in [0.1, 0.15) is 31.9 Å². The number of halogens is 1. The lowest BCUT2D eigenvalue weighted by Crippen LogP contribution is -2.65. The van der Waals surface area contributed by atoms with Crippen molar-refractivity contribution >= 4 is 34.6 Å². The third-order valence-electron chi connectivity index (χ3n) is 4.65. The van der Waals surface area contributed by atoms with Crippen LogP contribution in [0.3, 0.4) is 0 Å². The second kappa shape index (κ2) is 6.07. The maximum Gasteiger partial charge on any atom is 0.188 e. The summed E-state index contributed by atoms with van der Waals surface area (Å²) in [6.07, 6.45) is 0.776. The average Bonchev–Trinajstić information content (AvgIpc) is 2.57. The number of hydrogen-bond donors (Lipinski definition) is 1. The lowest BCUT2D eigenvalue weighted by atomic mass is 9.90. The van der Waals surface area contributed by atoms with Crippen LogP contribution in [0, 0.1) is 0 Å². The molecule has 0 aromatic heterocycles. The Morgan fingerprint density at radius 2 is 2.08 bits per heavy atom. The Kier molecular flexibility index (Phi) is 4.01. The van der Waals surface area contributed by atoms with Crippen LogP contribution in [0.2, 0.25) is 5.02 Å². The molecule has 130 valence electrons. The summed E-state index contributed by atoms with van der Waals surface area (Å²) in [5.41, 5.74) is 1.43.